The number of nitrogens with one attached hydrogen (secondary N) is 2. The van der Waals surface area contributed by atoms with Crippen LogP contribution in [0.1, 0.15) is 46.7 Å². The number of rotatable bonds is 11. The molecular formula is C41H30ClF8N9O5S. The fourth-order valence-corrected chi connectivity index (χ4v) is 9.27. The van der Waals surface area contributed by atoms with E-state index in [2.05, 4.69) is 30.2 Å². The lowest BCUT2D eigenvalue weighted by atomic mass is 10.0. The number of benzene rings is 3. The van der Waals surface area contributed by atoms with Gasteiger partial charge in [-0.1, -0.05) is 29.8 Å². The number of aromatic nitrogens is 7. The van der Waals surface area contributed by atoms with Crippen molar-refractivity contribution in [1.82, 2.24) is 39.4 Å². The normalized spacial score (nSPS) is 17.0. The minimum absolute atomic E-state index is 0.00256. The number of hydrogen-bond donors (Lipinski definition) is 2. The highest BCUT2D eigenvalue weighted by Crippen LogP contribution is 2.68. The average molecular weight is 948 g/mol. The summed E-state index contributed by atoms with van der Waals surface area (Å²) in [4.78, 5) is 38.4. The zero-order valence-electron chi connectivity index (χ0n) is 33.6. The van der Waals surface area contributed by atoms with Gasteiger partial charge in [0.2, 0.25) is 21.8 Å². The van der Waals surface area contributed by atoms with E-state index in [9.17, 15) is 35.2 Å². The summed E-state index contributed by atoms with van der Waals surface area (Å²) in [6.45, 7) is -1.22. The standard InChI is InChI=1S/C41H30ClF8N9O5S/c1-57-32-28(9-8-25(42)31(32)36(55-57)56-65(3,62)63)59-37(52-35-23(39(59)61)14-21(38(53-35)64-2)20-6-4-5-7-26(20)45)27(12-17-10-18(43)13-19(44)11-17)51-29(60)16-58-34-30(33(54-58)41(48,49)50)22-15-24(22)40(34,46)47/h4-11,13-14,22,24,27H,12,15-16H2,1-3H3,(H,51,60)(H,55,56)/t22-,24+,27-/m0/s1. The van der Waals surface area contributed by atoms with Crippen molar-refractivity contribution in [2.45, 2.75) is 43.4 Å². The monoisotopic (exact) mass is 947 g/mol. The van der Waals surface area contributed by atoms with Crippen LogP contribution in [0.5, 0.6) is 5.88 Å². The van der Waals surface area contributed by atoms with Crippen LogP contribution in [0.2, 0.25) is 5.02 Å². The summed E-state index contributed by atoms with van der Waals surface area (Å²) in [7, 11) is -1.40. The van der Waals surface area contributed by atoms with E-state index in [-0.39, 0.29) is 72.1 Å². The molecule has 2 N–H and O–H groups in total. The minimum atomic E-state index is -5.15. The third-order valence-electron chi connectivity index (χ3n) is 11.1. The maximum atomic E-state index is 15.5. The van der Waals surface area contributed by atoms with E-state index in [0.29, 0.717) is 6.07 Å². The largest absolute Gasteiger partial charge is 0.480 e. The van der Waals surface area contributed by atoms with E-state index < -0.39 is 105 Å². The van der Waals surface area contributed by atoms with Gasteiger partial charge in [-0.25, -0.2) is 26.6 Å². The number of aryl methyl sites for hydroxylation is 1. The molecule has 65 heavy (non-hydrogen) atoms. The quantitative estimate of drug-likeness (QED) is 0.126. The van der Waals surface area contributed by atoms with Crippen LogP contribution >= 0.6 is 11.6 Å². The van der Waals surface area contributed by atoms with Crippen molar-refractivity contribution < 1.29 is 53.1 Å². The van der Waals surface area contributed by atoms with Crippen molar-refractivity contribution in [2.24, 2.45) is 13.0 Å². The molecule has 4 heterocycles. The summed E-state index contributed by atoms with van der Waals surface area (Å²) in [6, 6.07) is 9.94. The van der Waals surface area contributed by atoms with Crippen molar-refractivity contribution in [3.8, 4) is 22.7 Å². The highest BCUT2D eigenvalue weighted by atomic mass is 35.5. The Morgan fingerprint density at radius 1 is 1.02 bits per heavy atom. The van der Waals surface area contributed by atoms with Gasteiger partial charge in [0, 0.05) is 42.1 Å². The van der Waals surface area contributed by atoms with E-state index >= 15 is 18.0 Å². The second kappa shape index (κ2) is 15.2. The maximum Gasteiger partial charge on any atom is 0.435 e. The van der Waals surface area contributed by atoms with Crippen molar-refractivity contribution in [1.29, 1.82) is 0 Å². The number of hydrogen-bond acceptors (Lipinski definition) is 9. The minimum Gasteiger partial charge on any atom is -0.480 e. The van der Waals surface area contributed by atoms with Gasteiger partial charge in [0.05, 0.1) is 46.4 Å². The molecule has 1 fully saturated rings. The van der Waals surface area contributed by atoms with Gasteiger partial charge >= 0.3 is 6.18 Å². The van der Waals surface area contributed by atoms with Gasteiger partial charge in [0.25, 0.3) is 11.5 Å². The van der Waals surface area contributed by atoms with Gasteiger partial charge in [-0.15, -0.1) is 0 Å². The molecular weight excluding hydrogens is 918 g/mol. The number of nitrogens with zero attached hydrogens (tertiary/aromatic N) is 7. The smallest absolute Gasteiger partial charge is 0.435 e. The Labute approximate surface area is 365 Å². The average Bonchev–Trinajstić information content (AvgIpc) is 3.75. The zero-order chi connectivity index (χ0) is 46.7. The molecule has 7 aromatic rings. The van der Waals surface area contributed by atoms with Crippen molar-refractivity contribution in [3.05, 3.63) is 122 Å². The predicted octanol–water partition coefficient (Wildman–Crippen LogP) is 7.31. The first-order valence-electron chi connectivity index (χ1n) is 19.3. The van der Waals surface area contributed by atoms with Crippen LogP contribution in [0.25, 0.3) is 38.8 Å². The van der Waals surface area contributed by atoms with Crippen LogP contribution in [-0.4, -0.2) is 61.8 Å². The molecule has 0 aliphatic heterocycles. The number of anilines is 1. The first-order valence-corrected chi connectivity index (χ1v) is 21.5. The van der Waals surface area contributed by atoms with E-state index in [1.54, 1.807) is 0 Å². The van der Waals surface area contributed by atoms with Crippen LogP contribution in [0, 0.1) is 23.4 Å². The molecule has 1 amide bonds. The number of amides is 1. The molecule has 4 aromatic heterocycles. The molecule has 14 nitrogen and oxygen atoms in total. The van der Waals surface area contributed by atoms with E-state index in [1.165, 1.54) is 50.6 Å². The van der Waals surface area contributed by atoms with Gasteiger partial charge in [0.1, 0.15) is 35.5 Å². The van der Waals surface area contributed by atoms with E-state index in [0.717, 1.165) is 33.7 Å². The molecule has 0 spiro atoms. The van der Waals surface area contributed by atoms with E-state index in [1.807, 2.05) is 0 Å². The highest BCUT2D eigenvalue weighted by molar-refractivity contribution is 7.92. The molecule has 0 radical (unpaired) electrons. The fourth-order valence-electron chi connectivity index (χ4n) is 8.53. The Kier molecular flexibility index (Phi) is 10.2. The molecule has 338 valence electrons. The van der Waals surface area contributed by atoms with Crippen LogP contribution in [0.4, 0.5) is 40.9 Å². The lowest BCUT2D eigenvalue weighted by Crippen LogP contribution is -2.38. The molecule has 1 saturated carbocycles. The number of carbonyl (C=O) groups excluding carboxylic acids is 1. The Bertz CT molecular complexity index is 3320. The Morgan fingerprint density at radius 2 is 1.72 bits per heavy atom. The number of sulfonamides is 1. The molecule has 2 aliphatic carbocycles. The van der Waals surface area contributed by atoms with Gasteiger partial charge in [-0.3, -0.25) is 28.2 Å². The first-order chi connectivity index (χ1) is 30.5. The summed E-state index contributed by atoms with van der Waals surface area (Å²) >= 11 is 6.61. The third kappa shape index (κ3) is 7.58. The Balaban J connectivity index is 1.29. The van der Waals surface area contributed by atoms with Crippen molar-refractivity contribution in [3.63, 3.8) is 0 Å². The van der Waals surface area contributed by atoms with Crippen LogP contribution in [0.3, 0.4) is 0 Å². The van der Waals surface area contributed by atoms with Gasteiger partial charge in [-0.05, 0) is 54.3 Å². The number of fused-ring (bicyclic) bond motifs is 5. The van der Waals surface area contributed by atoms with Crippen molar-refractivity contribution >= 4 is 55.3 Å². The maximum absolute atomic E-state index is 15.5. The number of pyridine rings is 1. The molecule has 3 aromatic carbocycles. The summed E-state index contributed by atoms with van der Waals surface area (Å²) in [5.41, 5.74) is -5.06. The molecule has 0 bridgehead atoms. The second-order valence-electron chi connectivity index (χ2n) is 15.6. The number of methoxy groups -OCH3 is 1. The molecule has 9 rings (SSSR count). The molecule has 3 atom stereocenters. The number of halogens is 9. The van der Waals surface area contributed by atoms with Crippen LogP contribution in [-0.2, 0) is 46.9 Å². The number of carbonyl (C=O) groups is 1. The topological polar surface area (TPSA) is 168 Å². The first kappa shape index (κ1) is 43.6. The Morgan fingerprint density at radius 3 is 2.38 bits per heavy atom. The molecule has 24 heteroatoms. The lowest BCUT2D eigenvalue weighted by molar-refractivity contribution is -0.142. The fraction of sp³-hybridized carbons (Fsp3) is 0.268. The summed E-state index contributed by atoms with van der Waals surface area (Å²) < 4.78 is 153. The summed E-state index contributed by atoms with van der Waals surface area (Å²) in [5, 5.41) is 9.80. The van der Waals surface area contributed by atoms with Gasteiger partial charge in [-0.2, -0.15) is 37.1 Å². The van der Waals surface area contributed by atoms with Gasteiger partial charge in [0.15, 0.2) is 17.2 Å². The van der Waals surface area contributed by atoms with E-state index in [4.69, 9.17) is 16.3 Å². The number of alkyl halides is 5. The van der Waals surface area contributed by atoms with Crippen LogP contribution < -0.4 is 20.3 Å². The van der Waals surface area contributed by atoms with Gasteiger partial charge < -0.3 is 10.1 Å². The lowest BCUT2D eigenvalue weighted by Gasteiger charge is -2.24. The molecule has 2 aliphatic rings. The summed E-state index contributed by atoms with van der Waals surface area (Å²) in [6.07, 6.45) is -5.12. The molecule has 0 saturated heterocycles. The highest BCUT2D eigenvalue weighted by Gasteiger charge is 2.68. The third-order valence-corrected chi connectivity index (χ3v) is 12.0. The predicted molar refractivity (Wildman–Crippen MR) is 218 cm³/mol. The summed E-state index contributed by atoms with van der Waals surface area (Å²) in [5.74, 6) is -11.4. The van der Waals surface area contributed by atoms with Crippen LogP contribution in [0.15, 0.2) is 65.5 Å². The SMILES string of the molecule is COc1nc2nc([C@H](Cc3cc(F)cc(F)c3)NC(=O)Cn3nc(C(F)(F)F)c4c3C(F)(F)[C@@H]3C[C@H]43)n(-c3ccc(Cl)c4c(NS(C)(=O)=O)nn(C)c34)c(=O)c2cc1-c1ccccc1F. The second-order valence-corrected chi connectivity index (χ2v) is 17.7. The van der Waals surface area contributed by atoms with Crippen molar-refractivity contribution in [2.75, 3.05) is 18.1 Å². The zero-order valence-corrected chi connectivity index (χ0v) is 35.2. The molecule has 0 unspecified atom stereocenters. The Hall–Kier alpha value is -6.62. The number of ether oxygens (including phenoxy) is 1.